The van der Waals surface area contributed by atoms with E-state index in [-0.39, 0.29) is 0 Å². The molecule has 0 bridgehead atoms. The normalized spacial score (nSPS) is 11.9. The van der Waals surface area contributed by atoms with E-state index in [0.717, 1.165) is 28.2 Å². The van der Waals surface area contributed by atoms with Crippen molar-refractivity contribution in [2.45, 2.75) is 0 Å². The van der Waals surface area contributed by atoms with Gasteiger partial charge >= 0.3 is 0 Å². The number of hydrogen-bond donors (Lipinski definition) is 0. The number of nitrogens with zero attached hydrogens (tertiary/aromatic N) is 2. The Kier molecular flexibility index (Phi) is 6.96. The second-order valence-corrected chi connectivity index (χ2v) is 15.1. The Morgan fingerprint density at radius 1 is 0.263 bits per heavy atom. The number of pyridine rings is 1. The lowest BCUT2D eigenvalue weighted by atomic mass is 9.93. The summed E-state index contributed by atoms with van der Waals surface area (Å²) in [6.07, 6.45) is 3.70. The van der Waals surface area contributed by atoms with E-state index in [1.54, 1.807) is 0 Å². The van der Waals surface area contributed by atoms with Crippen molar-refractivity contribution < 1.29 is 0 Å². The molecule has 264 valence electrons. The number of fused-ring (bicyclic) bond motifs is 6. The Morgan fingerprint density at radius 2 is 0.667 bits per heavy atom. The minimum absolute atomic E-state index is 1.09. The number of rotatable bonds is 6. The monoisotopic (exact) mass is 722 g/mol. The molecule has 0 unspecified atom stereocenters. The standard InChI is InChI=1S/C55H34N2/c1-3-15-46-44(13-1)50-19-7-17-48-42(25-27-52(46)54(48)50)37-9-5-11-40(33-37)57(39-23-21-35(22-24-39)36-29-31-56-32-30-36)41-12-6-10-38(34-41)43-26-28-53-47-16-4-2-14-45(47)51-20-8-18-49(43)55(51)53/h1-34H. The maximum atomic E-state index is 4.24. The maximum absolute atomic E-state index is 4.24. The molecule has 0 radical (unpaired) electrons. The summed E-state index contributed by atoms with van der Waals surface area (Å²) >= 11 is 0. The van der Waals surface area contributed by atoms with Gasteiger partial charge in [-0.15, -0.1) is 0 Å². The van der Waals surface area contributed by atoms with Gasteiger partial charge in [-0.3, -0.25) is 4.98 Å². The summed E-state index contributed by atoms with van der Waals surface area (Å²) in [5.74, 6) is 0. The van der Waals surface area contributed by atoms with Crippen LogP contribution in [0.2, 0.25) is 0 Å². The molecule has 0 amide bonds. The van der Waals surface area contributed by atoms with E-state index >= 15 is 0 Å². The smallest absolute Gasteiger partial charge is 0.0467 e. The van der Waals surface area contributed by atoms with E-state index in [0.29, 0.717) is 0 Å². The van der Waals surface area contributed by atoms with Crippen LogP contribution in [-0.4, -0.2) is 4.98 Å². The molecular weight excluding hydrogens is 689 g/mol. The lowest BCUT2D eigenvalue weighted by Gasteiger charge is -2.27. The first-order valence-electron chi connectivity index (χ1n) is 19.6. The van der Waals surface area contributed by atoms with E-state index in [1.807, 2.05) is 12.4 Å². The van der Waals surface area contributed by atoms with Gasteiger partial charge in [-0.25, -0.2) is 0 Å². The fraction of sp³-hybridized carbons (Fsp3) is 0. The van der Waals surface area contributed by atoms with Crippen molar-refractivity contribution in [1.29, 1.82) is 0 Å². The van der Waals surface area contributed by atoms with Gasteiger partial charge in [0.1, 0.15) is 0 Å². The number of anilines is 3. The molecule has 0 saturated heterocycles. The van der Waals surface area contributed by atoms with Crippen molar-refractivity contribution in [1.82, 2.24) is 4.98 Å². The second kappa shape index (κ2) is 12.5. The van der Waals surface area contributed by atoms with Crippen LogP contribution in [0.1, 0.15) is 0 Å². The van der Waals surface area contributed by atoms with Crippen LogP contribution < -0.4 is 4.90 Å². The van der Waals surface area contributed by atoms with Gasteiger partial charge in [0, 0.05) is 29.5 Å². The second-order valence-electron chi connectivity index (χ2n) is 15.1. The minimum Gasteiger partial charge on any atom is -0.310 e. The molecular formula is C55H34N2. The summed E-state index contributed by atoms with van der Waals surface area (Å²) in [7, 11) is 0. The van der Waals surface area contributed by atoms with Crippen LogP contribution in [0.4, 0.5) is 17.1 Å². The molecule has 12 rings (SSSR count). The highest BCUT2D eigenvalue weighted by Crippen LogP contribution is 2.51. The molecule has 0 fully saturated rings. The fourth-order valence-corrected chi connectivity index (χ4v) is 9.54. The van der Waals surface area contributed by atoms with Gasteiger partial charge in [0.2, 0.25) is 0 Å². The van der Waals surface area contributed by atoms with E-state index in [9.17, 15) is 0 Å². The van der Waals surface area contributed by atoms with E-state index in [2.05, 4.69) is 204 Å². The first-order chi connectivity index (χ1) is 28.3. The quantitative estimate of drug-likeness (QED) is 0.170. The first kappa shape index (κ1) is 31.8. The number of aromatic nitrogens is 1. The van der Waals surface area contributed by atoms with Gasteiger partial charge in [-0.05, 0) is 148 Å². The summed E-state index contributed by atoms with van der Waals surface area (Å²) < 4.78 is 0. The van der Waals surface area contributed by atoms with Crippen LogP contribution in [0.15, 0.2) is 207 Å². The maximum Gasteiger partial charge on any atom is 0.0467 e. The summed E-state index contributed by atoms with van der Waals surface area (Å²) in [4.78, 5) is 6.64. The zero-order valence-corrected chi connectivity index (χ0v) is 31.0. The molecule has 10 aromatic rings. The molecule has 0 saturated carbocycles. The molecule has 57 heavy (non-hydrogen) atoms. The summed E-state index contributed by atoms with van der Waals surface area (Å²) in [6.45, 7) is 0. The highest BCUT2D eigenvalue weighted by atomic mass is 15.1. The van der Waals surface area contributed by atoms with Crippen LogP contribution in [0.5, 0.6) is 0 Å². The third-order valence-electron chi connectivity index (χ3n) is 12.1. The van der Waals surface area contributed by atoms with Gasteiger partial charge in [0.05, 0.1) is 0 Å². The molecule has 1 aromatic heterocycles. The van der Waals surface area contributed by atoms with E-state index < -0.39 is 0 Å². The van der Waals surface area contributed by atoms with Gasteiger partial charge in [-0.2, -0.15) is 0 Å². The van der Waals surface area contributed by atoms with Gasteiger partial charge in [0.15, 0.2) is 0 Å². The fourth-order valence-electron chi connectivity index (χ4n) is 9.54. The molecule has 0 spiro atoms. The van der Waals surface area contributed by atoms with Crippen LogP contribution >= 0.6 is 0 Å². The molecule has 2 heteroatoms. The van der Waals surface area contributed by atoms with Gasteiger partial charge < -0.3 is 4.90 Å². The Labute approximate surface area is 331 Å². The highest BCUT2D eigenvalue weighted by Gasteiger charge is 2.24. The van der Waals surface area contributed by atoms with Crippen molar-refractivity contribution in [2.24, 2.45) is 0 Å². The Bertz CT molecular complexity index is 3000. The molecule has 0 aliphatic heterocycles. The summed E-state index contributed by atoms with van der Waals surface area (Å²) in [5, 5.41) is 5.24. The number of benzene rings is 9. The average Bonchev–Trinajstić information content (AvgIpc) is 3.79. The zero-order chi connectivity index (χ0) is 37.5. The predicted molar refractivity (Wildman–Crippen MR) is 239 cm³/mol. The molecule has 2 aliphatic carbocycles. The Balaban J connectivity index is 1.01. The van der Waals surface area contributed by atoms with Crippen LogP contribution in [0.3, 0.4) is 0 Å². The van der Waals surface area contributed by atoms with Crippen molar-refractivity contribution in [3.05, 3.63) is 207 Å². The largest absolute Gasteiger partial charge is 0.310 e. The lowest BCUT2D eigenvalue weighted by Crippen LogP contribution is -2.10. The van der Waals surface area contributed by atoms with Gasteiger partial charge in [-0.1, -0.05) is 146 Å². The van der Waals surface area contributed by atoms with Crippen molar-refractivity contribution in [3.8, 4) is 77.9 Å². The SMILES string of the molecule is c1cc(-c2ccc3c4c(cccc24)-c2ccccc2-3)cc(N(c2ccc(-c3ccncc3)cc2)c2cccc(-c3ccc4c5c(cccc35)-c3ccccc3-4)c2)c1. The average molecular weight is 723 g/mol. The van der Waals surface area contributed by atoms with E-state index in [4.69, 9.17) is 0 Å². The van der Waals surface area contributed by atoms with Crippen LogP contribution in [0.25, 0.3) is 99.4 Å². The topological polar surface area (TPSA) is 16.1 Å². The highest BCUT2D eigenvalue weighted by molar-refractivity contribution is 6.20. The first-order valence-corrected chi connectivity index (χ1v) is 19.6. The Morgan fingerprint density at radius 3 is 1.16 bits per heavy atom. The third kappa shape index (κ3) is 4.87. The van der Waals surface area contributed by atoms with Crippen molar-refractivity contribution >= 4 is 38.6 Å². The third-order valence-corrected chi connectivity index (χ3v) is 12.1. The lowest BCUT2D eigenvalue weighted by molar-refractivity contribution is 1.28. The molecule has 2 aliphatic rings. The number of hydrogen-bond acceptors (Lipinski definition) is 2. The van der Waals surface area contributed by atoms with Crippen LogP contribution in [0, 0.1) is 0 Å². The molecule has 1 heterocycles. The molecule has 0 atom stereocenters. The molecule has 0 N–H and O–H groups in total. The Hall–Kier alpha value is -7.55. The van der Waals surface area contributed by atoms with Crippen molar-refractivity contribution in [2.75, 3.05) is 4.90 Å². The molecule has 9 aromatic carbocycles. The van der Waals surface area contributed by atoms with Crippen LogP contribution in [-0.2, 0) is 0 Å². The van der Waals surface area contributed by atoms with Crippen molar-refractivity contribution in [3.63, 3.8) is 0 Å². The predicted octanol–water partition coefficient (Wildman–Crippen LogP) is 15.2. The summed E-state index contributed by atoms with van der Waals surface area (Å²) in [5.41, 5.74) is 21.0. The minimum atomic E-state index is 1.09. The van der Waals surface area contributed by atoms with E-state index in [1.165, 1.54) is 88.3 Å². The van der Waals surface area contributed by atoms with Gasteiger partial charge in [0.25, 0.3) is 0 Å². The zero-order valence-electron chi connectivity index (χ0n) is 31.0. The molecule has 2 nitrogen and oxygen atoms in total. The summed E-state index contributed by atoms with van der Waals surface area (Å²) in [6, 6.07) is 71.4.